The number of ether oxygens (including phenoxy) is 2. The quantitative estimate of drug-likeness (QED) is 0.0452. The van der Waals surface area contributed by atoms with Crippen LogP contribution < -0.4 is 10.6 Å². The van der Waals surface area contributed by atoms with E-state index in [1.165, 1.54) is 141 Å². The first-order chi connectivity index (χ1) is 26.7. The third kappa shape index (κ3) is 14.7. The fourth-order valence-electron chi connectivity index (χ4n) is 12.0. The third-order valence-corrected chi connectivity index (χ3v) is 15.4. The van der Waals surface area contributed by atoms with Crippen molar-refractivity contribution in [3.05, 3.63) is 36.0 Å². The summed E-state index contributed by atoms with van der Waals surface area (Å²) in [6.07, 6.45) is 45.4. The van der Waals surface area contributed by atoms with Gasteiger partial charge in [0.25, 0.3) is 0 Å². The van der Waals surface area contributed by atoms with Crippen LogP contribution in [0.25, 0.3) is 0 Å². The molecule has 7 unspecified atom stereocenters. The van der Waals surface area contributed by atoms with Crippen LogP contribution in [0.15, 0.2) is 36.0 Å². The molecule has 4 aliphatic carbocycles. The van der Waals surface area contributed by atoms with Gasteiger partial charge < -0.3 is 9.47 Å². The SMILES string of the molecule is CCCCC/C=C\C/C=C\CCCCCCCCNC(NC)OCCCCOC1CC[C@@]2(C)C(=CCC3C4CCC([C@H](C)CCCC(C)C)C4(C)CCC32)C1. The van der Waals surface area contributed by atoms with Crippen molar-refractivity contribution in [2.75, 3.05) is 26.8 Å². The van der Waals surface area contributed by atoms with Gasteiger partial charge in [-0.05, 0) is 163 Å². The Morgan fingerprint density at radius 2 is 1.49 bits per heavy atom. The number of allylic oxidation sites excluding steroid dienone is 5. The molecule has 0 bridgehead atoms. The van der Waals surface area contributed by atoms with Gasteiger partial charge in [-0.1, -0.05) is 135 Å². The summed E-state index contributed by atoms with van der Waals surface area (Å²) in [6.45, 7) is 17.7. The van der Waals surface area contributed by atoms with Crippen LogP contribution in [0.2, 0.25) is 0 Å². The highest BCUT2D eigenvalue weighted by molar-refractivity contribution is 5.25. The second-order valence-corrected chi connectivity index (χ2v) is 19.8. The lowest BCUT2D eigenvalue weighted by molar-refractivity contribution is -0.0645. The van der Waals surface area contributed by atoms with Gasteiger partial charge in [-0.3, -0.25) is 10.6 Å². The maximum Gasteiger partial charge on any atom is 0.163 e. The lowest BCUT2D eigenvalue weighted by atomic mass is 9.47. The smallest absolute Gasteiger partial charge is 0.163 e. The van der Waals surface area contributed by atoms with E-state index in [1.807, 2.05) is 7.05 Å². The van der Waals surface area contributed by atoms with Crippen molar-refractivity contribution in [2.45, 2.75) is 215 Å². The van der Waals surface area contributed by atoms with Gasteiger partial charge in [0.1, 0.15) is 0 Å². The fraction of sp³-hybridized carbons (Fsp3) is 0.882. The molecular weight excluding hydrogens is 673 g/mol. The molecule has 3 fully saturated rings. The second-order valence-electron chi connectivity index (χ2n) is 19.8. The molecule has 0 aromatic rings. The Balaban J connectivity index is 1.02. The molecule has 0 heterocycles. The lowest BCUT2D eigenvalue weighted by Crippen LogP contribution is -2.51. The molecule has 0 aliphatic heterocycles. The summed E-state index contributed by atoms with van der Waals surface area (Å²) >= 11 is 0. The predicted octanol–water partition coefficient (Wildman–Crippen LogP) is 14.1. The molecule has 4 aliphatic rings. The fourth-order valence-corrected chi connectivity index (χ4v) is 12.0. The Labute approximate surface area is 342 Å². The van der Waals surface area contributed by atoms with Gasteiger partial charge in [0, 0.05) is 6.61 Å². The second kappa shape index (κ2) is 25.5. The Kier molecular flexibility index (Phi) is 21.7. The van der Waals surface area contributed by atoms with Gasteiger partial charge >= 0.3 is 0 Å². The molecule has 55 heavy (non-hydrogen) atoms. The Bertz CT molecular complexity index is 1110. The van der Waals surface area contributed by atoms with Gasteiger partial charge in [0.2, 0.25) is 0 Å². The highest BCUT2D eigenvalue weighted by atomic mass is 16.5. The van der Waals surface area contributed by atoms with Crippen LogP contribution in [0.1, 0.15) is 202 Å². The number of fused-ring (bicyclic) bond motifs is 5. The minimum atomic E-state index is -0.0529. The zero-order valence-electron chi connectivity index (χ0n) is 37.6. The van der Waals surface area contributed by atoms with Crippen molar-refractivity contribution in [1.82, 2.24) is 10.6 Å². The van der Waals surface area contributed by atoms with Crippen molar-refractivity contribution in [1.29, 1.82) is 0 Å². The minimum absolute atomic E-state index is 0.0529. The van der Waals surface area contributed by atoms with Crippen molar-refractivity contribution in [3.63, 3.8) is 0 Å². The first-order valence-electron chi connectivity index (χ1n) is 24.4. The van der Waals surface area contributed by atoms with Crippen LogP contribution in [0, 0.1) is 46.3 Å². The number of hydrogen-bond acceptors (Lipinski definition) is 4. The minimum Gasteiger partial charge on any atom is -0.378 e. The van der Waals surface area contributed by atoms with E-state index >= 15 is 0 Å². The molecule has 0 aromatic heterocycles. The topological polar surface area (TPSA) is 42.5 Å². The summed E-state index contributed by atoms with van der Waals surface area (Å²) in [5.41, 5.74) is 2.75. The normalized spacial score (nSPS) is 30.5. The number of unbranched alkanes of at least 4 members (excludes halogenated alkanes) is 10. The van der Waals surface area contributed by atoms with Crippen LogP contribution in [0.5, 0.6) is 0 Å². The van der Waals surface area contributed by atoms with Crippen molar-refractivity contribution < 1.29 is 9.47 Å². The van der Waals surface area contributed by atoms with E-state index in [9.17, 15) is 0 Å². The maximum absolute atomic E-state index is 6.55. The lowest BCUT2D eigenvalue weighted by Gasteiger charge is -2.58. The van der Waals surface area contributed by atoms with Gasteiger partial charge in [-0.25, -0.2) is 0 Å². The summed E-state index contributed by atoms with van der Waals surface area (Å²) < 4.78 is 12.7. The first-order valence-corrected chi connectivity index (χ1v) is 24.4. The molecule has 0 spiro atoms. The van der Waals surface area contributed by atoms with E-state index in [4.69, 9.17) is 9.47 Å². The standard InChI is InChI=1S/C51H92N2O2/c1-8-9-10-11-12-13-14-15-16-17-18-19-20-21-22-23-37-53-49(52-7)55-39-25-24-38-54-44-33-35-50(5)43(40-44)29-30-45-47-32-31-46(42(4)28-26-27-41(2)3)51(47,6)36-34-48(45)50/h12-13,15-16,29,41-42,44-49,52-53H,8-11,14,17-28,30-40H2,1-7H3/b13-12-,16-15-/t42-,44?,45?,46?,47?,48?,49?,50+,51?/m1/s1. The molecule has 318 valence electrons. The van der Waals surface area contributed by atoms with E-state index in [0.717, 1.165) is 74.5 Å². The van der Waals surface area contributed by atoms with E-state index in [-0.39, 0.29) is 6.35 Å². The van der Waals surface area contributed by atoms with Gasteiger partial charge in [0.05, 0.1) is 12.7 Å². The van der Waals surface area contributed by atoms with Gasteiger partial charge in [-0.2, -0.15) is 0 Å². The Hall–Kier alpha value is -0.940. The first kappa shape index (κ1) is 46.7. The van der Waals surface area contributed by atoms with Gasteiger partial charge in [-0.15, -0.1) is 0 Å². The average molecular weight is 765 g/mol. The van der Waals surface area contributed by atoms with Crippen molar-refractivity contribution >= 4 is 0 Å². The number of hydrogen-bond donors (Lipinski definition) is 2. The summed E-state index contributed by atoms with van der Waals surface area (Å²) in [5, 5.41) is 6.86. The molecule has 3 saturated carbocycles. The van der Waals surface area contributed by atoms with Crippen LogP contribution in [-0.2, 0) is 9.47 Å². The highest BCUT2D eigenvalue weighted by Crippen LogP contribution is 2.67. The zero-order chi connectivity index (χ0) is 39.4. The predicted molar refractivity (Wildman–Crippen MR) is 238 cm³/mol. The Morgan fingerprint density at radius 3 is 2.24 bits per heavy atom. The third-order valence-electron chi connectivity index (χ3n) is 15.4. The van der Waals surface area contributed by atoms with Crippen LogP contribution in [0.4, 0.5) is 0 Å². The molecule has 2 N–H and O–H groups in total. The molecule has 9 atom stereocenters. The summed E-state index contributed by atoms with van der Waals surface area (Å²) in [5.74, 6) is 5.45. The molecule has 4 nitrogen and oxygen atoms in total. The van der Waals surface area contributed by atoms with Crippen molar-refractivity contribution in [3.8, 4) is 0 Å². The molecule has 0 aromatic carbocycles. The Morgan fingerprint density at radius 1 is 0.764 bits per heavy atom. The molecular formula is C51H92N2O2. The summed E-state index contributed by atoms with van der Waals surface area (Å²) in [4.78, 5) is 0. The van der Waals surface area contributed by atoms with E-state index < -0.39 is 0 Å². The zero-order valence-corrected chi connectivity index (χ0v) is 37.6. The van der Waals surface area contributed by atoms with Crippen LogP contribution in [0.3, 0.4) is 0 Å². The molecule has 4 heteroatoms. The largest absolute Gasteiger partial charge is 0.378 e. The maximum atomic E-state index is 6.55. The highest BCUT2D eigenvalue weighted by Gasteiger charge is 2.59. The molecule has 0 radical (unpaired) electrons. The number of rotatable bonds is 29. The van der Waals surface area contributed by atoms with E-state index in [1.54, 1.807) is 5.57 Å². The molecule has 0 amide bonds. The van der Waals surface area contributed by atoms with Crippen LogP contribution >= 0.6 is 0 Å². The summed E-state index contributed by atoms with van der Waals surface area (Å²) in [6, 6.07) is 0. The van der Waals surface area contributed by atoms with E-state index in [0.29, 0.717) is 16.9 Å². The average Bonchev–Trinajstić information content (AvgIpc) is 3.53. The molecule has 0 saturated heterocycles. The van der Waals surface area contributed by atoms with Gasteiger partial charge in [0.15, 0.2) is 6.35 Å². The summed E-state index contributed by atoms with van der Waals surface area (Å²) in [7, 11) is 1.99. The molecule has 4 rings (SSSR count). The van der Waals surface area contributed by atoms with Crippen molar-refractivity contribution in [2.24, 2.45) is 46.3 Å². The van der Waals surface area contributed by atoms with Crippen LogP contribution in [-0.4, -0.2) is 39.3 Å². The number of nitrogens with one attached hydrogen (secondary N) is 2. The van der Waals surface area contributed by atoms with E-state index in [2.05, 4.69) is 82.6 Å². The monoisotopic (exact) mass is 765 g/mol.